The number of esters is 2. The molecule has 0 spiro atoms. The van der Waals surface area contributed by atoms with Crippen molar-refractivity contribution in [3.63, 3.8) is 0 Å². The lowest BCUT2D eigenvalue weighted by molar-refractivity contribution is -0.159. The van der Waals surface area contributed by atoms with E-state index in [9.17, 15) is 57.9 Å². The van der Waals surface area contributed by atoms with E-state index in [4.69, 9.17) is 46.5 Å². The first-order chi connectivity index (χ1) is 54.4. The van der Waals surface area contributed by atoms with Crippen molar-refractivity contribution in [2.45, 2.75) is 418 Å². The lowest BCUT2D eigenvalue weighted by Crippen LogP contribution is -2.48. The number of aliphatic hydroxyl groups excluding tert-OH is 2. The second-order valence-corrected chi connectivity index (χ2v) is 34.0. The van der Waals surface area contributed by atoms with E-state index < -0.39 is 126 Å². The minimum Gasteiger partial charge on any atom is -0.462 e. The van der Waals surface area contributed by atoms with Crippen molar-refractivity contribution in [2.75, 3.05) is 65.9 Å². The average Bonchev–Trinajstić information content (AvgIpc) is 1.66. The molecule has 1 fully saturated rings. The standard InChI is InChI=1S/C85H160N4O22P2/c1-9-15-21-27-30-33-36-42-48-54-76(109-80(95)56-50-44-38-35-32-29-23-17-11-3)66-78(93)89-72(68-103-62-58-74(91)52-46-40-25-19-13-5)70-107-113(100,101)105-64-60-87-84(97)82-81(110-85(7,8)111-82)83(96)86-59-63-104-112(98,99)106-69-71(67-102-61-57-73(90)51-45-39-24-18-12-4)88-77(92)65-75(53-47-41-26-20-14-6)108-79(94)55-49-43-37-34-31-28-22-16-10-2/h34-35,37-38,71-76,81-82,90-91H,9-33,36,39-70H2,1-8H3,(H,86,96)(H,87,97)(H,88,92)(H,89,93)(H,98,99)(H,100,101)/t71?,72?,73-,74-,75-,76+,81+,82+/m1/s1. The van der Waals surface area contributed by atoms with Gasteiger partial charge in [0.15, 0.2) is 18.0 Å². The van der Waals surface area contributed by atoms with E-state index in [1.807, 2.05) is 0 Å². The highest BCUT2D eigenvalue weighted by atomic mass is 31.2. The number of phosphoric ester groups is 2. The van der Waals surface area contributed by atoms with Crippen LogP contribution in [0.3, 0.4) is 0 Å². The van der Waals surface area contributed by atoms with Crippen LogP contribution in [0.15, 0.2) is 24.3 Å². The van der Waals surface area contributed by atoms with E-state index in [1.165, 1.54) is 78.1 Å². The van der Waals surface area contributed by atoms with Gasteiger partial charge in [-0.05, 0) is 117 Å². The summed E-state index contributed by atoms with van der Waals surface area (Å²) in [5.41, 5.74) is 0. The summed E-state index contributed by atoms with van der Waals surface area (Å²) in [6.45, 7) is 12.9. The van der Waals surface area contributed by atoms with Gasteiger partial charge in [-0.25, -0.2) is 9.13 Å². The molecule has 0 bridgehead atoms. The molecule has 10 atom stereocenters. The Morgan fingerprint density at radius 3 is 1.03 bits per heavy atom. The zero-order chi connectivity index (χ0) is 83.3. The van der Waals surface area contributed by atoms with Crippen LogP contribution in [0.2, 0.25) is 0 Å². The van der Waals surface area contributed by atoms with Crippen molar-refractivity contribution in [2.24, 2.45) is 0 Å². The molecule has 0 saturated carbocycles. The normalized spacial score (nSPS) is 17.0. The summed E-state index contributed by atoms with van der Waals surface area (Å²) in [6.07, 6.45) is 45.0. The van der Waals surface area contributed by atoms with E-state index in [0.717, 1.165) is 167 Å². The number of rotatable bonds is 80. The molecule has 4 unspecified atom stereocenters. The zero-order valence-corrected chi connectivity index (χ0v) is 73.3. The molecule has 8 N–H and O–H groups in total. The largest absolute Gasteiger partial charge is 0.472 e. The number of phosphoric acid groups is 2. The van der Waals surface area contributed by atoms with E-state index in [2.05, 4.69) is 87.1 Å². The number of allylic oxidation sites excluding steroid dienone is 4. The molecule has 0 aromatic heterocycles. The Hall–Kier alpha value is -3.72. The predicted octanol–water partition coefficient (Wildman–Crippen LogP) is 17.5. The van der Waals surface area contributed by atoms with Crippen LogP contribution in [0, 0.1) is 0 Å². The fraction of sp³-hybridized carbons (Fsp3) is 0.882. The van der Waals surface area contributed by atoms with Crippen LogP contribution in [-0.4, -0.2) is 176 Å². The minimum absolute atomic E-state index is 0.132. The third-order valence-electron chi connectivity index (χ3n) is 19.6. The molecule has 28 heteroatoms. The molecule has 1 heterocycles. The van der Waals surface area contributed by atoms with Crippen molar-refractivity contribution in [3.8, 4) is 0 Å². The van der Waals surface area contributed by atoms with E-state index in [1.54, 1.807) is 0 Å². The fourth-order valence-corrected chi connectivity index (χ4v) is 14.5. The van der Waals surface area contributed by atoms with Gasteiger partial charge in [-0.15, -0.1) is 0 Å². The zero-order valence-electron chi connectivity index (χ0n) is 71.5. The van der Waals surface area contributed by atoms with Gasteiger partial charge in [0, 0.05) is 39.1 Å². The van der Waals surface area contributed by atoms with Gasteiger partial charge in [-0.3, -0.25) is 46.9 Å². The van der Waals surface area contributed by atoms with Gasteiger partial charge in [0.2, 0.25) is 11.8 Å². The molecule has 0 radical (unpaired) electrons. The second kappa shape index (κ2) is 71.2. The van der Waals surface area contributed by atoms with Crippen molar-refractivity contribution in [1.82, 2.24) is 21.3 Å². The maximum Gasteiger partial charge on any atom is 0.472 e. The third-order valence-corrected chi connectivity index (χ3v) is 21.6. The Labute approximate surface area is 682 Å². The quantitative estimate of drug-likeness (QED) is 0.0121. The van der Waals surface area contributed by atoms with Gasteiger partial charge in [0.1, 0.15) is 12.2 Å². The van der Waals surface area contributed by atoms with E-state index in [0.29, 0.717) is 51.4 Å². The topological polar surface area (TPSA) is 358 Å². The van der Waals surface area contributed by atoms with E-state index >= 15 is 0 Å². The highest BCUT2D eigenvalue weighted by molar-refractivity contribution is 7.47. The first kappa shape index (κ1) is 107. The maximum atomic E-state index is 13.9. The minimum atomic E-state index is -4.88. The van der Waals surface area contributed by atoms with Gasteiger partial charge >= 0.3 is 27.6 Å². The van der Waals surface area contributed by atoms with Crippen LogP contribution in [0.4, 0.5) is 0 Å². The Morgan fingerprint density at radius 2 is 0.690 bits per heavy atom. The molecular formula is C85H160N4O22P2. The average molecular weight is 1650 g/mol. The Balaban J connectivity index is 3.08. The summed E-state index contributed by atoms with van der Waals surface area (Å²) in [4.78, 5) is 103. The maximum absolute atomic E-state index is 13.9. The molecule has 26 nitrogen and oxygen atoms in total. The molecule has 1 aliphatic heterocycles. The highest BCUT2D eigenvalue weighted by Crippen LogP contribution is 2.44. The van der Waals surface area contributed by atoms with Gasteiger partial charge in [0.05, 0.1) is 76.8 Å². The summed E-state index contributed by atoms with van der Waals surface area (Å²) in [5.74, 6) is -4.90. The van der Waals surface area contributed by atoms with Crippen LogP contribution in [0.25, 0.3) is 0 Å². The van der Waals surface area contributed by atoms with Crippen LogP contribution < -0.4 is 21.3 Å². The number of unbranched alkanes of at least 4 members (excludes halogenated alkanes) is 30. The van der Waals surface area contributed by atoms with E-state index in [-0.39, 0.29) is 71.2 Å². The van der Waals surface area contributed by atoms with Crippen LogP contribution in [-0.2, 0) is 84.4 Å². The molecule has 1 rings (SSSR count). The molecule has 113 heavy (non-hydrogen) atoms. The van der Waals surface area contributed by atoms with Crippen molar-refractivity contribution < 1.29 is 104 Å². The summed E-state index contributed by atoms with van der Waals surface area (Å²) in [6, 6.07) is -1.97. The predicted molar refractivity (Wildman–Crippen MR) is 445 cm³/mol. The molecule has 1 saturated heterocycles. The summed E-state index contributed by atoms with van der Waals surface area (Å²) in [5, 5.41) is 32.0. The smallest absolute Gasteiger partial charge is 0.462 e. The summed E-state index contributed by atoms with van der Waals surface area (Å²) in [7, 11) is -9.75. The Bertz CT molecular complexity index is 2550. The van der Waals surface area contributed by atoms with Crippen LogP contribution in [0.5, 0.6) is 0 Å². The number of ether oxygens (including phenoxy) is 6. The van der Waals surface area contributed by atoms with Crippen molar-refractivity contribution in [1.29, 1.82) is 0 Å². The monoisotopic (exact) mass is 1650 g/mol. The number of carbonyl (C=O) groups is 6. The van der Waals surface area contributed by atoms with Crippen LogP contribution >= 0.6 is 15.6 Å². The highest BCUT2D eigenvalue weighted by Gasteiger charge is 2.49. The molecule has 0 aromatic rings. The molecule has 4 amide bonds. The molecule has 1 aliphatic rings. The number of nitrogens with one attached hydrogen (secondary N) is 4. The van der Waals surface area contributed by atoms with Gasteiger partial charge < -0.3 is 69.7 Å². The Morgan fingerprint density at radius 1 is 0.389 bits per heavy atom. The van der Waals surface area contributed by atoms with Crippen LogP contribution in [0.1, 0.15) is 364 Å². The third kappa shape index (κ3) is 64.0. The first-order valence-corrected chi connectivity index (χ1v) is 47.3. The number of hydrogen-bond donors (Lipinski definition) is 8. The van der Waals surface area contributed by atoms with Gasteiger partial charge in [0.25, 0.3) is 11.8 Å². The SMILES string of the molecule is CCCCCCC=CCCCC(=O)O[C@H](CCCCCCC)CC(=O)NC(COCC[C@H](O)CCCCCCC)COP(=O)(O)OCCNC(=O)[C@H]1OC(C)(C)O[C@@H]1C(=O)NCCOP(=O)(O)OCC(COCC[C@H](O)CCCCCCC)NC(=O)C[C@H](CCCCCCCCCCC)OC(=O)CCCC=CCCCCCC. The molecule has 0 aromatic carbocycles. The number of hydrogen-bond acceptors (Lipinski definition) is 20. The van der Waals surface area contributed by atoms with Gasteiger partial charge in [-0.2, -0.15) is 0 Å². The summed E-state index contributed by atoms with van der Waals surface area (Å²) < 4.78 is 83.2. The lowest BCUT2D eigenvalue weighted by atomic mass is 10.0. The summed E-state index contributed by atoms with van der Waals surface area (Å²) >= 11 is 0. The molecule has 0 aliphatic carbocycles. The first-order valence-electron chi connectivity index (χ1n) is 44.4. The molecular weight excluding hydrogens is 1490 g/mol. The molecule has 662 valence electrons. The number of aliphatic hydroxyl groups is 2. The Kier molecular flexibility index (Phi) is 67.6. The fourth-order valence-electron chi connectivity index (χ4n) is 13.0. The van der Waals surface area contributed by atoms with Crippen molar-refractivity contribution >= 4 is 51.2 Å². The second-order valence-electron chi connectivity index (χ2n) is 31.1. The lowest BCUT2D eigenvalue weighted by Gasteiger charge is -2.23. The van der Waals surface area contributed by atoms with Crippen molar-refractivity contribution in [3.05, 3.63) is 24.3 Å². The number of carbonyl (C=O) groups excluding carboxylic acids is 6. The van der Waals surface area contributed by atoms with Gasteiger partial charge in [-0.1, -0.05) is 246 Å². The number of amides is 4.